The third-order valence-corrected chi connectivity index (χ3v) is 3.52. The quantitative estimate of drug-likeness (QED) is 0.699. The van der Waals surface area contributed by atoms with E-state index in [1.165, 1.54) is 7.11 Å². The average molecular weight is 383 g/mol. The van der Waals surface area contributed by atoms with Crippen molar-refractivity contribution >= 4 is 11.6 Å². The number of hydrogen-bond donors (Lipinski definition) is 1. The van der Waals surface area contributed by atoms with E-state index in [0.717, 1.165) is 23.8 Å². The summed E-state index contributed by atoms with van der Waals surface area (Å²) in [6, 6.07) is 9.92. The molecule has 146 valence electrons. The molecule has 0 aliphatic heterocycles. The van der Waals surface area contributed by atoms with Gasteiger partial charge >= 0.3 is 6.18 Å². The molecule has 27 heavy (non-hydrogen) atoms. The number of ether oxygens (including phenoxy) is 3. The lowest BCUT2D eigenvalue weighted by Crippen LogP contribution is -2.21. The van der Waals surface area contributed by atoms with Gasteiger partial charge in [-0.2, -0.15) is 13.2 Å². The van der Waals surface area contributed by atoms with Gasteiger partial charge in [0.15, 0.2) is 6.61 Å². The fourth-order valence-electron chi connectivity index (χ4n) is 2.13. The molecule has 0 fully saturated rings. The molecule has 2 aromatic rings. The molecule has 8 heteroatoms. The van der Waals surface area contributed by atoms with E-state index in [-0.39, 0.29) is 31.3 Å². The van der Waals surface area contributed by atoms with Crippen molar-refractivity contribution in [2.45, 2.75) is 13.1 Å². The van der Waals surface area contributed by atoms with E-state index < -0.39 is 17.6 Å². The van der Waals surface area contributed by atoms with Gasteiger partial charge in [-0.3, -0.25) is 4.79 Å². The Morgan fingerprint density at radius 1 is 1.04 bits per heavy atom. The van der Waals surface area contributed by atoms with E-state index in [1.54, 1.807) is 12.1 Å². The van der Waals surface area contributed by atoms with Gasteiger partial charge in [0.05, 0.1) is 17.9 Å². The van der Waals surface area contributed by atoms with Crippen molar-refractivity contribution in [3.05, 3.63) is 53.6 Å². The van der Waals surface area contributed by atoms with E-state index in [0.29, 0.717) is 5.75 Å². The number of carbonyl (C=O) groups is 1. The highest BCUT2D eigenvalue weighted by atomic mass is 19.4. The molecule has 2 rings (SSSR count). The number of hydrogen-bond acceptors (Lipinski definition) is 4. The predicted octanol–water partition coefficient (Wildman–Crippen LogP) is 4.06. The Hall–Kier alpha value is -2.74. The van der Waals surface area contributed by atoms with Crippen molar-refractivity contribution in [3.63, 3.8) is 0 Å². The minimum atomic E-state index is -4.54. The van der Waals surface area contributed by atoms with Crippen molar-refractivity contribution < 1.29 is 32.2 Å². The Labute approximate surface area is 155 Å². The molecule has 0 aliphatic carbocycles. The monoisotopic (exact) mass is 383 g/mol. The number of halogens is 3. The van der Waals surface area contributed by atoms with E-state index >= 15 is 0 Å². The minimum Gasteiger partial charge on any atom is -0.489 e. The molecule has 1 N–H and O–H groups in total. The predicted molar refractivity (Wildman–Crippen MR) is 94.1 cm³/mol. The molecular weight excluding hydrogens is 363 g/mol. The smallest absolute Gasteiger partial charge is 0.416 e. The lowest BCUT2D eigenvalue weighted by atomic mass is 10.1. The molecule has 0 radical (unpaired) electrons. The largest absolute Gasteiger partial charge is 0.489 e. The molecule has 0 aliphatic rings. The van der Waals surface area contributed by atoms with Crippen LogP contribution in [0.1, 0.15) is 11.1 Å². The lowest BCUT2D eigenvalue weighted by Gasteiger charge is -2.15. The number of methoxy groups -OCH3 is 1. The first kappa shape index (κ1) is 20.6. The van der Waals surface area contributed by atoms with Gasteiger partial charge in [-0.15, -0.1) is 0 Å². The maximum atomic E-state index is 12.9. The van der Waals surface area contributed by atoms with Crippen molar-refractivity contribution in [1.82, 2.24) is 0 Å². The third kappa shape index (κ3) is 6.49. The first-order valence-electron chi connectivity index (χ1n) is 8.12. The summed E-state index contributed by atoms with van der Waals surface area (Å²) in [7, 11) is 1.47. The number of nitrogens with one attached hydrogen (secondary N) is 1. The van der Waals surface area contributed by atoms with Crippen LogP contribution in [0, 0.1) is 6.92 Å². The summed E-state index contributed by atoms with van der Waals surface area (Å²) in [5.41, 5.74) is 0.0587. The van der Waals surface area contributed by atoms with Crippen LogP contribution in [-0.4, -0.2) is 32.8 Å². The number of carbonyl (C=O) groups excluding carboxylic acids is 1. The molecule has 0 saturated carbocycles. The van der Waals surface area contributed by atoms with Crippen LogP contribution in [0.5, 0.6) is 11.5 Å². The Morgan fingerprint density at radius 3 is 2.37 bits per heavy atom. The lowest BCUT2D eigenvalue weighted by molar-refractivity contribution is -0.137. The fraction of sp³-hybridized carbons (Fsp3) is 0.316. The normalized spacial score (nSPS) is 11.1. The zero-order chi connectivity index (χ0) is 19.9. The highest BCUT2D eigenvalue weighted by molar-refractivity contribution is 5.93. The summed E-state index contributed by atoms with van der Waals surface area (Å²) in [6.45, 7) is 1.95. The van der Waals surface area contributed by atoms with Gasteiger partial charge in [-0.1, -0.05) is 17.7 Å². The van der Waals surface area contributed by atoms with Crippen molar-refractivity contribution in [2.24, 2.45) is 0 Å². The molecule has 0 bridgehead atoms. The molecule has 0 heterocycles. The molecule has 0 aromatic heterocycles. The molecule has 0 spiro atoms. The van der Waals surface area contributed by atoms with Gasteiger partial charge in [0, 0.05) is 7.11 Å². The highest BCUT2D eigenvalue weighted by Crippen LogP contribution is 2.35. The van der Waals surface area contributed by atoms with E-state index in [2.05, 4.69) is 5.32 Å². The van der Waals surface area contributed by atoms with Gasteiger partial charge in [0.25, 0.3) is 5.91 Å². The third-order valence-electron chi connectivity index (χ3n) is 3.52. The van der Waals surface area contributed by atoms with Crippen LogP contribution in [0.4, 0.5) is 18.9 Å². The minimum absolute atomic E-state index is 0.0848. The first-order chi connectivity index (χ1) is 12.8. The van der Waals surface area contributed by atoms with Crippen LogP contribution in [0.25, 0.3) is 0 Å². The SMILES string of the molecule is COCCOc1ccc(C(F)(F)F)cc1NC(=O)COc1ccc(C)cc1. The van der Waals surface area contributed by atoms with E-state index in [4.69, 9.17) is 14.2 Å². The van der Waals surface area contributed by atoms with E-state index in [1.807, 2.05) is 19.1 Å². The van der Waals surface area contributed by atoms with Crippen LogP contribution in [-0.2, 0) is 15.7 Å². The Bertz CT molecular complexity index is 761. The second-order valence-electron chi connectivity index (χ2n) is 5.70. The maximum absolute atomic E-state index is 12.9. The fourth-order valence-corrected chi connectivity index (χ4v) is 2.13. The summed E-state index contributed by atoms with van der Waals surface area (Å²) in [6.07, 6.45) is -4.54. The second-order valence-corrected chi connectivity index (χ2v) is 5.70. The second kappa shape index (κ2) is 9.27. The van der Waals surface area contributed by atoms with Crippen LogP contribution in [0.2, 0.25) is 0 Å². The Morgan fingerprint density at radius 2 is 1.74 bits per heavy atom. The van der Waals surface area contributed by atoms with Crippen LogP contribution in [0.15, 0.2) is 42.5 Å². The van der Waals surface area contributed by atoms with Gasteiger partial charge < -0.3 is 19.5 Å². The highest BCUT2D eigenvalue weighted by Gasteiger charge is 2.31. The summed E-state index contributed by atoms with van der Waals surface area (Å²) < 4.78 is 54.4. The van der Waals surface area contributed by atoms with Crippen molar-refractivity contribution in [2.75, 3.05) is 32.2 Å². The van der Waals surface area contributed by atoms with Crippen molar-refractivity contribution in [1.29, 1.82) is 0 Å². The molecule has 0 atom stereocenters. The number of alkyl halides is 3. The molecule has 5 nitrogen and oxygen atoms in total. The summed E-state index contributed by atoms with van der Waals surface area (Å²) in [5, 5.41) is 2.40. The summed E-state index contributed by atoms with van der Waals surface area (Å²) in [4.78, 5) is 12.1. The number of aryl methyl sites for hydroxylation is 1. The topological polar surface area (TPSA) is 56.8 Å². The summed E-state index contributed by atoms with van der Waals surface area (Å²) in [5.74, 6) is -0.00779. The van der Waals surface area contributed by atoms with Gasteiger partial charge in [-0.25, -0.2) is 0 Å². The zero-order valence-electron chi connectivity index (χ0n) is 14.9. The molecule has 2 aromatic carbocycles. The van der Waals surface area contributed by atoms with E-state index in [9.17, 15) is 18.0 Å². The van der Waals surface area contributed by atoms with Crippen LogP contribution < -0.4 is 14.8 Å². The molecule has 0 saturated heterocycles. The van der Waals surface area contributed by atoms with Crippen molar-refractivity contribution in [3.8, 4) is 11.5 Å². The molecule has 1 amide bonds. The standard InChI is InChI=1S/C19H20F3NO4/c1-13-3-6-15(7-4-13)27-12-18(24)23-16-11-14(19(20,21)22)5-8-17(16)26-10-9-25-2/h3-8,11H,9-10,12H2,1-2H3,(H,23,24). The Kier molecular flexibility index (Phi) is 7.06. The average Bonchev–Trinajstić information content (AvgIpc) is 2.62. The number of rotatable bonds is 8. The Balaban J connectivity index is 2.08. The first-order valence-corrected chi connectivity index (χ1v) is 8.12. The molecule has 0 unspecified atom stereocenters. The zero-order valence-corrected chi connectivity index (χ0v) is 14.9. The number of benzene rings is 2. The summed E-state index contributed by atoms with van der Waals surface area (Å²) >= 11 is 0. The van der Waals surface area contributed by atoms with Gasteiger partial charge in [0.1, 0.15) is 18.1 Å². The number of amides is 1. The van der Waals surface area contributed by atoms with Gasteiger partial charge in [-0.05, 0) is 37.3 Å². The van der Waals surface area contributed by atoms with Crippen LogP contribution >= 0.6 is 0 Å². The number of anilines is 1. The molecular formula is C19H20F3NO4. The maximum Gasteiger partial charge on any atom is 0.416 e. The van der Waals surface area contributed by atoms with Crippen LogP contribution in [0.3, 0.4) is 0 Å². The van der Waals surface area contributed by atoms with Gasteiger partial charge in [0.2, 0.25) is 0 Å².